The molecular formula is C28H33FN4O3. The third-order valence-corrected chi connectivity index (χ3v) is 6.46. The molecule has 1 saturated carbocycles. The zero-order chi connectivity index (χ0) is 25.7. The molecule has 0 unspecified atom stereocenters. The molecule has 1 fully saturated rings. The van der Waals surface area contributed by atoms with Gasteiger partial charge in [0, 0.05) is 30.2 Å². The highest BCUT2D eigenvalue weighted by atomic mass is 19.1. The van der Waals surface area contributed by atoms with Crippen molar-refractivity contribution in [1.82, 2.24) is 4.57 Å². The van der Waals surface area contributed by atoms with Crippen LogP contribution in [0.1, 0.15) is 56.4 Å². The van der Waals surface area contributed by atoms with E-state index < -0.39 is 12.0 Å². The molecule has 1 heterocycles. The number of benzene rings is 2. The molecule has 0 radical (unpaired) electrons. The molecule has 0 aliphatic heterocycles. The van der Waals surface area contributed by atoms with Gasteiger partial charge in [-0.1, -0.05) is 33.1 Å². The first-order chi connectivity index (χ1) is 17.3. The summed E-state index contributed by atoms with van der Waals surface area (Å²) in [7, 11) is 0. The van der Waals surface area contributed by atoms with Gasteiger partial charge in [0.05, 0.1) is 11.4 Å². The predicted octanol–water partition coefficient (Wildman–Crippen LogP) is 6.75. The van der Waals surface area contributed by atoms with E-state index in [-0.39, 0.29) is 11.5 Å². The molecule has 4 rings (SSSR count). The van der Waals surface area contributed by atoms with Gasteiger partial charge < -0.3 is 25.2 Å². The minimum absolute atomic E-state index is 0.135. The van der Waals surface area contributed by atoms with Crippen molar-refractivity contribution in [1.29, 1.82) is 0 Å². The number of amides is 2. The summed E-state index contributed by atoms with van der Waals surface area (Å²) >= 11 is 0. The van der Waals surface area contributed by atoms with Gasteiger partial charge >= 0.3 is 12.0 Å². The average molecular weight is 493 g/mol. The second-order valence-electron chi connectivity index (χ2n) is 9.69. The van der Waals surface area contributed by atoms with Gasteiger partial charge in [-0.15, -0.1) is 0 Å². The number of rotatable bonds is 8. The molecule has 2 amide bonds. The lowest BCUT2D eigenvalue weighted by Gasteiger charge is -2.38. The van der Waals surface area contributed by atoms with Gasteiger partial charge in [-0.05, 0) is 73.4 Å². The van der Waals surface area contributed by atoms with Crippen LogP contribution in [0.5, 0.6) is 0 Å². The van der Waals surface area contributed by atoms with E-state index in [4.69, 9.17) is 0 Å². The minimum Gasteiger partial charge on any atom is -0.477 e. The largest absolute Gasteiger partial charge is 0.477 e. The first-order valence-corrected chi connectivity index (χ1v) is 12.5. The number of carbonyl (C=O) groups is 2. The highest BCUT2D eigenvalue weighted by Gasteiger charge is 2.25. The number of aromatic carboxylic acids is 1. The van der Waals surface area contributed by atoms with Crippen molar-refractivity contribution in [3.63, 3.8) is 0 Å². The summed E-state index contributed by atoms with van der Waals surface area (Å²) in [6, 6.07) is 14.4. The van der Waals surface area contributed by atoms with E-state index in [9.17, 15) is 19.1 Å². The maximum absolute atomic E-state index is 13.3. The molecule has 0 spiro atoms. The van der Waals surface area contributed by atoms with Gasteiger partial charge in [0.2, 0.25) is 0 Å². The molecule has 1 aliphatic carbocycles. The fourth-order valence-electron chi connectivity index (χ4n) is 4.85. The first kappa shape index (κ1) is 25.3. The van der Waals surface area contributed by atoms with Crippen LogP contribution < -0.4 is 15.5 Å². The average Bonchev–Trinajstić information content (AvgIpc) is 3.35. The molecule has 3 aromatic rings. The van der Waals surface area contributed by atoms with Crippen LogP contribution in [0.2, 0.25) is 0 Å². The van der Waals surface area contributed by atoms with Crippen LogP contribution in [0.4, 0.5) is 26.2 Å². The van der Waals surface area contributed by atoms with E-state index in [1.54, 1.807) is 16.8 Å². The second kappa shape index (κ2) is 11.3. The molecule has 8 heteroatoms. The molecule has 1 aromatic heterocycles. The lowest BCUT2D eigenvalue weighted by atomic mass is 9.93. The number of halogens is 1. The number of anilines is 3. The van der Waals surface area contributed by atoms with Crippen molar-refractivity contribution in [2.75, 3.05) is 22.1 Å². The number of nitrogens with one attached hydrogen (secondary N) is 2. The Morgan fingerprint density at radius 3 is 2.44 bits per heavy atom. The smallest absolute Gasteiger partial charge is 0.352 e. The van der Waals surface area contributed by atoms with E-state index in [0.717, 1.165) is 25.1 Å². The van der Waals surface area contributed by atoms with Crippen molar-refractivity contribution in [3.05, 3.63) is 72.3 Å². The SMILES string of the molecule is CC(C)CN(c1ccc(-n2cccc2C(=O)O)cc1NC(=O)Nc1ccc(F)cc1)C1CCCCC1. The van der Waals surface area contributed by atoms with Gasteiger partial charge in [0.25, 0.3) is 0 Å². The Morgan fingerprint density at radius 1 is 1.06 bits per heavy atom. The number of nitrogens with zero attached hydrogens (tertiary/aromatic N) is 2. The zero-order valence-corrected chi connectivity index (χ0v) is 20.7. The molecule has 7 nitrogen and oxygen atoms in total. The summed E-state index contributed by atoms with van der Waals surface area (Å²) in [6.07, 6.45) is 7.47. The van der Waals surface area contributed by atoms with Gasteiger partial charge in [-0.2, -0.15) is 0 Å². The molecule has 0 saturated heterocycles. The number of aromatic nitrogens is 1. The monoisotopic (exact) mass is 492 g/mol. The highest BCUT2D eigenvalue weighted by molar-refractivity contribution is 6.02. The van der Waals surface area contributed by atoms with Crippen LogP contribution in [-0.4, -0.2) is 34.3 Å². The highest BCUT2D eigenvalue weighted by Crippen LogP contribution is 2.35. The van der Waals surface area contributed by atoms with E-state index in [2.05, 4.69) is 29.4 Å². The summed E-state index contributed by atoms with van der Waals surface area (Å²) in [5.74, 6) is -0.999. The van der Waals surface area contributed by atoms with Crippen LogP contribution in [0.3, 0.4) is 0 Å². The van der Waals surface area contributed by atoms with Gasteiger partial charge in [-0.3, -0.25) is 0 Å². The first-order valence-electron chi connectivity index (χ1n) is 12.5. The fraction of sp³-hybridized carbons (Fsp3) is 0.357. The Bertz CT molecular complexity index is 1200. The third kappa shape index (κ3) is 6.05. The maximum atomic E-state index is 13.3. The van der Waals surface area contributed by atoms with Crippen LogP contribution in [0.15, 0.2) is 60.8 Å². The van der Waals surface area contributed by atoms with Crippen LogP contribution in [0, 0.1) is 11.7 Å². The van der Waals surface area contributed by atoms with E-state index in [0.29, 0.717) is 29.0 Å². The number of urea groups is 1. The van der Waals surface area contributed by atoms with Gasteiger partial charge in [0.15, 0.2) is 0 Å². The summed E-state index contributed by atoms with van der Waals surface area (Å²) in [5.41, 5.74) is 2.72. The Hall–Kier alpha value is -3.81. The number of carboxylic acid groups (broad SMARTS) is 1. The van der Waals surface area contributed by atoms with Crippen molar-refractivity contribution in [3.8, 4) is 5.69 Å². The van der Waals surface area contributed by atoms with Crippen LogP contribution >= 0.6 is 0 Å². The number of hydrogen-bond acceptors (Lipinski definition) is 3. The second-order valence-corrected chi connectivity index (χ2v) is 9.69. The molecular weight excluding hydrogens is 459 g/mol. The van der Waals surface area contributed by atoms with E-state index >= 15 is 0 Å². The number of carbonyl (C=O) groups excluding carboxylic acids is 1. The number of carboxylic acids is 1. The Morgan fingerprint density at radius 2 is 1.78 bits per heavy atom. The molecule has 3 N–H and O–H groups in total. The lowest BCUT2D eigenvalue weighted by molar-refractivity contribution is 0.0688. The predicted molar refractivity (Wildman–Crippen MR) is 141 cm³/mol. The normalized spacial score (nSPS) is 14.0. The van der Waals surface area contributed by atoms with Crippen molar-refractivity contribution in [2.45, 2.75) is 52.0 Å². The Labute approximate surface area is 210 Å². The van der Waals surface area contributed by atoms with Crippen LogP contribution in [-0.2, 0) is 0 Å². The topological polar surface area (TPSA) is 86.6 Å². The summed E-state index contributed by atoms with van der Waals surface area (Å²) in [5, 5.41) is 15.3. The Kier molecular flexibility index (Phi) is 7.93. The van der Waals surface area contributed by atoms with E-state index in [1.807, 2.05) is 18.2 Å². The van der Waals surface area contributed by atoms with Crippen molar-refractivity contribution >= 4 is 29.1 Å². The summed E-state index contributed by atoms with van der Waals surface area (Å²) in [6.45, 7) is 5.19. The van der Waals surface area contributed by atoms with Crippen molar-refractivity contribution < 1.29 is 19.1 Å². The lowest BCUT2D eigenvalue weighted by Crippen LogP contribution is -2.40. The van der Waals surface area contributed by atoms with Crippen molar-refractivity contribution in [2.24, 2.45) is 5.92 Å². The quantitative estimate of drug-likeness (QED) is 0.324. The molecule has 190 valence electrons. The summed E-state index contributed by atoms with van der Waals surface area (Å²) in [4.78, 5) is 27.1. The molecule has 0 atom stereocenters. The number of hydrogen-bond donors (Lipinski definition) is 3. The van der Waals surface area contributed by atoms with Gasteiger partial charge in [-0.25, -0.2) is 14.0 Å². The molecule has 1 aliphatic rings. The molecule has 0 bridgehead atoms. The maximum Gasteiger partial charge on any atom is 0.352 e. The summed E-state index contributed by atoms with van der Waals surface area (Å²) < 4.78 is 14.9. The fourth-order valence-corrected chi connectivity index (χ4v) is 4.85. The Balaban J connectivity index is 1.71. The molecule has 36 heavy (non-hydrogen) atoms. The van der Waals surface area contributed by atoms with E-state index in [1.165, 1.54) is 49.6 Å². The van der Waals surface area contributed by atoms with Gasteiger partial charge in [0.1, 0.15) is 11.5 Å². The minimum atomic E-state index is -1.03. The third-order valence-electron chi connectivity index (χ3n) is 6.46. The van der Waals surface area contributed by atoms with Crippen LogP contribution in [0.25, 0.3) is 5.69 Å². The zero-order valence-electron chi connectivity index (χ0n) is 20.7. The standard InChI is InChI=1S/C28H33FN4O3/c1-19(2)18-33(22-7-4-3-5-8-22)25-15-14-23(32-16-6-9-26(32)27(34)35)17-24(25)31-28(36)30-21-12-10-20(29)11-13-21/h6,9-17,19,22H,3-5,7-8,18H2,1-2H3,(H,34,35)(H2,30,31,36). The molecule has 2 aromatic carbocycles.